The molecule has 20 heavy (non-hydrogen) atoms. The maximum Gasteiger partial charge on any atom is 0.125 e. The number of nitrogens with zero attached hydrogens (tertiary/aromatic N) is 1. The van der Waals surface area contributed by atoms with Crippen molar-refractivity contribution in [3.63, 3.8) is 0 Å². The minimum absolute atomic E-state index is 0.429. The second-order valence-electron chi connectivity index (χ2n) is 4.17. The summed E-state index contributed by atoms with van der Waals surface area (Å²) in [5.74, 6) is 1.38. The maximum absolute atomic E-state index is 9.33. The van der Waals surface area contributed by atoms with E-state index in [0.29, 0.717) is 31.3 Å². The highest BCUT2D eigenvalue weighted by Gasteiger charge is 2.16. The van der Waals surface area contributed by atoms with Gasteiger partial charge in [0.2, 0.25) is 0 Å². The summed E-state index contributed by atoms with van der Waals surface area (Å²) in [5, 5.41) is 12.5. The average molecular weight is 278 g/mol. The molecule has 1 unspecified atom stereocenters. The van der Waals surface area contributed by atoms with Crippen LogP contribution in [0.5, 0.6) is 11.5 Å². The van der Waals surface area contributed by atoms with E-state index in [1.54, 1.807) is 20.3 Å². The van der Waals surface area contributed by atoms with Crippen molar-refractivity contribution in [2.45, 2.75) is 19.4 Å². The Balaban J connectivity index is 2.70. The van der Waals surface area contributed by atoms with E-state index in [1.165, 1.54) is 0 Å². The van der Waals surface area contributed by atoms with E-state index in [4.69, 9.17) is 14.2 Å². The first kappa shape index (κ1) is 16.3. The van der Waals surface area contributed by atoms with E-state index in [1.807, 2.05) is 19.1 Å². The topological polar surface area (TPSA) is 63.5 Å². The molecule has 0 aliphatic rings. The Morgan fingerprint density at radius 1 is 1.30 bits per heavy atom. The molecule has 0 spiro atoms. The standard InChI is InChI=1S/C15H22N2O3/c1-4-20-9-5-8-17-14(11-16)13-10-12(18-2)6-7-15(13)19-3/h6-7,10,14,17H,4-5,8-9H2,1-3H3. The van der Waals surface area contributed by atoms with Crippen LogP contribution in [0.1, 0.15) is 24.9 Å². The van der Waals surface area contributed by atoms with Gasteiger partial charge in [0.1, 0.15) is 17.5 Å². The van der Waals surface area contributed by atoms with Crippen LogP contribution >= 0.6 is 0 Å². The zero-order valence-electron chi connectivity index (χ0n) is 12.3. The molecule has 5 heteroatoms. The number of rotatable bonds is 9. The molecule has 0 saturated heterocycles. The molecule has 1 aromatic carbocycles. The van der Waals surface area contributed by atoms with Crippen molar-refractivity contribution >= 4 is 0 Å². The molecule has 110 valence electrons. The summed E-state index contributed by atoms with van der Waals surface area (Å²) in [6, 6.07) is 7.26. The number of nitriles is 1. The van der Waals surface area contributed by atoms with Gasteiger partial charge in [-0.25, -0.2) is 0 Å². The average Bonchev–Trinajstić information content (AvgIpc) is 2.50. The number of hydrogen-bond donors (Lipinski definition) is 1. The lowest BCUT2D eigenvalue weighted by Gasteiger charge is -2.16. The summed E-state index contributed by atoms with van der Waals surface area (Å²) in [5.41, 5.74) is 0.783. The lowest BCUT2D eigenvalue weighted by atomic mass is 10.1. The second-order valence-corrected chi connectivity index (χ2v) is 4.17. The quantitative estimate of drug-likeness (QED) is 0.702. The summed E-state index contributed by atoms with van der Waals surface area (Å²) in [7, 11) is 3.19. The lowest BCUT2D eigenvalue weighted by molar-refractivity contribution is 0.144. The number of hydrogen-bond acceptors (Lipinski definition) is 5. The van der Waals surface area contributed by atoms with Crippen LogP contribution in [-0.2, 0) is 4.74 Å². The molecule has 1 aromatic rings. The van der Waals surface area contributed by atoms with Crippen LogP contribution in [0.3, 0.4) is 0 Å². The molecule has 0 amide bonds. The van der Waals surface area contributed by atoms with Crippen molar-refractivity contribution in [1.82, 2.24) is 5.32 Å². The first-order chi connectivity index (χ1) is 9.76. The van der Waals surface area contributed by atoms with Gasteiger partial charge in [0, 0.05) is 18.8 Å². The molecule has 0 fully saturated rings. The van der Waals surface area contributed by atoms with E-state index in [-0.39, 0.29) is 0 Å². The van der Waals surface area contributed by atoms with Gasteiger partial charge in [0.25, 0.3) is 0 Å². The summed E-state index contributed by atoms with van der Waals surface area (Å²) in [6.07, 6.45) is 0.859. The Hall–Kier alpha value is -1.77. The van der Waals surface area contributed by atoms with Crippen molar-refractivity contribution in [3.8, 4) is 17.6 Å². The molecular weight excluding hydrogens is 256 g/mol. The predicted molar refractivity (Wildman–Crippen MR) is 77.0 cm³/mol. The monoisotopic (exact) mass is 278 g/mol. The third-order valence-corrected chi connectivity index (χ3v) is 2.90. The fraction of sp³-hybridized carbons (Fsp3) is 0.533. The predicted octanol–water partition coefficient (Wildman–Crippen LogP) is 2.28. The number of ether oxygens (including phenoxy) is 3. The van der Waals surface area contributed by atoms with Gasteiger partial charge < -0.3 is 14.2 Å². The Kier molecular flexibility index (Phi) is 7.48. The van der Waals surface area contributed by atoms with E-state index < -0.39 is 6.04 Å². The van der Waals surface area contributed by atoms with E-state index in [9.17, 15) is 5.26 Å². The maximum atomic E-state index is 9.33. The molecule has 5 nitrogen and oxygen atoms in total. The van der Waals surface area contributed by atoms with E-state index in [0.717, 1.165) is 12.0 Å². The van der Waals surface area contributed by atoms with Gasteiger partial charge in [-0.05, 0) is 38.1 Å². The summed E-state index contributed by atoms with van der Waals surface area (Å²) in [4.78, 5) is 0. The smallest absolute Gasteiger partial charge is 0.125 e. The van der Waals surface area contributed by atoms with Crippen LogP contribution in [0.2, 0.25) is 0 Å². The molecule has 0 aliphatic heterocycles. The second kappa shape index (κ2) is 9.18. The minimum Gasteiger partial charge on any atom is -0.497 e. The summed E-state index contributed by atoms with van der Waals surface area (Å²) < 4.78 is 15.8. The van der Waals surface area contributed by atoms with Crippen LogP contribution in [-0.4, -0.2) is 34.0 Å². The molecule has 0 heterocycles. The highest BCUT2D eigenvalue weighted by molar-refractivity contribution is 5.44. The van der Waals surface area contributed by atoms with Crippen molar-refractivity contribution < 1.29 is 14.2 Å². The highest BCUT2D eigenvalue weighted by Crippen LogP contribution is 2.29. The molecule has 1 atom stereocenters. The van der Waals surface area contributed by atoms with Crippen molar-refractivity contribution in [2.24, 2.45) is 0 Å². The molecule has 0 aliphatic carbocycles. The SMILES string of the molecule is CCOCCCNC(C#N)c1cc(OC)ccc1OC. The van der Waals surface area contributed by atoms with Gasteiger partial charge in [0.05, 0.1) is 20.3 Å². The first-order valence-corrected chi connectivity index (χ1v) is 6.69. The van der Waals surface area contributed by atoms with Gasteiger partial charge in [-0.3, -0.25) is 5.32 Å². The summed E-state index contributed by atoms with van der Waals surface area (Å²) >= 11 is 0. The zero-order valence-corrected chi connectivity index (χ0v) is 12.3. The van der Waals surface area contributed by atoms with Gasteiger partial charge in [-0.1, -0.05) is 0 Å². The van der Waals surface area contributed by atoms with Gasteiger partial charge in [0.15, 0.2) is 0 Å². The highest BCUT2D eigenvalue weighted by atomic mass is 16.5. The molecular formula is C15H22N2O3. The Morgan fingerprint density at radius 2 is 2.10 bits per heavy atom. The number of nitrogens with one attached hydrogen (secondary N) is 1. The minimum atomic E-state index is -0.429. The van der Waals surface area contributed by atoms with Gasteiger partial charge >= 0.3 is 0 Å². The Morgan fingerprint density at radius 3 is 2.70 bits per heavy atom. The Bertz CT molecular complexity index is 443. The largest absolute Gasteiger partial charge is 0.497 e. The molecule has 1 rings (SSSR count). The zero-order chi connectivity index (χ0) is 14.8. The molecule has 0 radical (unpaired) electrons. The molecule has 1 N–H and O–H groups in total. The fourth-order valence-corrected chi connectivity index (χ4v) is 1.86. The number of benzene rings is 1. The van der Waals surface area contributed by atoms with Crippen LogP contribution in [0.4, 0.5) is 0 Å². The van der Waals surface area contributed by atoms with Gasteiger partial charge in [-0.2, -0.15) is 5.26 Å². The number of methoxy groups -OCH3 is 2. The van der Waals surface area contributed by atoms with Crippen molar-refractivity contribution in [2.75, 3.05) is 34.0 Å². The van der Waals surface area contributed by atoms with Crippen molar-refractivity contribution in [1.29, 1.82) is 5.26 Å². The van der Waals surface area contributed by atoms with Crippen molar-refractivity contribution in [3.05, 3.63) is 23.8 Å². The third kappa shape index (κ3) is 4.72. The van der Waals surface area contributed by atoms with Crippen LogP contribution in [0, 0.1) is 11.3 Å². The molecule has 0 bridgehead atoms. The van der Waals surface area contributed by atoms with E-state index >= 15 is 0 Å². The first-order valence-electron chi connectivity index (χ1n) is 6.69. The van der Waals surface area contributed by atoms with Crippen LogP contribution in [0.15, 0.2) is 18.2 Å². The normalized spacial score (nSPS) is 11.7. The summed E-state index contributed by atoms with van der Waals surface area (Å²) in [6.45, 7) is 4.08. The van der Waals surface area contributed by atoms with Crippen LogP contribution < -0.4 is 14.8 Å². The molecule has 0 saturated carbocycles. The molecule has 0 aromatic heterocycles. The van der Waals surface area contributed by atoms with Gasteiger partial charge in [-0.15, -0.1) is 0 Å². The fourth-order valence-electron chi connectivity index (χ4n) is 1.86. The Labute approximate surface area is 120 Å². The van der Waals surface area contributed by atoms with E-state index in [2.05, 4.69) is 11.4 Å². The lowest BCUT2D eigenvalue weighted by Crippen LogP contribution is -2.22. The van der Waals surface area contributed by atoms with Crippen LogP contribution in [0.25, 0.3) is 0 Å². The third-order valence-electron chi connectivity index (χ3n) is 2.90.